The Morgan fingerprint density at radius 3 is 2.44 bits per heavy atom. The fourth-order valence-electron chi connectivity index (χ4n) is 4.29. The number of rotatable bonds is 5. The van der Waals surface area contributed by atoms with Crippen LogP contribution in [-0.2, 0) is 16.0 Å². The van der Waals surface area contributed by atoms with Crippen molar-refractivity contribution in [3.05, 3.63) is 23.5 Å². The number of piperazine rings is 1. The second-order valence-electron chi connectivity index (χ2n) is 7.81. The molecular formula is C20H28N4O2S. The van der Waals surface area contributed by atoms with Gasteiger partial charge in [0.1, 0.15) is 0 Å². The number of thiazole rings is 1. The van der Waals surface area contributed by atoms with Crippen molar-refractivity contribution in [3.63, 3.8) is 0 Å². The Kier molecular flexibility index (Phi) is 5.76. The molecule has 2 fully saturated rings. The molecule has 2 aliphatic rings. The van der Waals surface area contributed by atoms with Gasteiger partial charge in [0.25, 0.3) is 0 Å². The van der Waals surface area contributed by atoms with Gasteiger partial charge in [-0.25, -0.2) is 4.98 Å². The number of hydrogen-bond acceptors (Lipinski definition) is 4. The Morgan fingerprint density at radius 1 is 1.04 bits per heavy atom. The second-order valence-corrected chi connectivity index (χ2v) is 8.68. The minimum atomic E-state index is 0.107. The molecule has 7 heteroatoms. The van der Waals surface area contributed by atoms with Crippen molar-refractivity contribution in [2.24, 2.45) is 5.92 Å². The van der Waals surface area contributed by atoms with Crippen LogP contribution in [0.5, 0.6) is 0 Å². The number of carbonyl (C=O) groups is 2. The van der Waals surface area contributed by atoms with Crippen molar-refractivity contribution in [2.75, 3.05) is 26.2 Å². The normalized spacial score (nSPS) is 19.0. The van der Waals surface area contributed by atoms with Gasteiger partial charge in [-0.15, -0.1) is 11.3 Å². The summed E-state index contributed by atoms with van der Waals surface area (Å²) >= 11 is 1.57. The molecule has 1 aliphatic heterocycles. The van der Waals surface area contributed by atoms with Crippen LogP contribution < -0.4 is 0 Å². The van der Waals surface area contributed by atoms with Crippen molar-refractivity contribution < 1.29 is 9.59 Å². The Labute approximate surface area is 164 Å². The molecule has 0 spiro atoms. The molecule has 1 saturated carbocycles. The van der Waals surface area contributed by atoms with Gasteiger partial charge in [-0.1, -0.05) is 32.1 Å². The molecule has 27 heavy (non-hydrogen) atoms. The fourth-order valence-corrected chi connectivity index (χ4v) is 5.01. The summed E-state index contributed by atoms with van der Waals surface area (Å²) in [5, 5.41) is 1.98. The first kappa shape index (κ1) is 18.5. The lowest BCUT2D eigenvalue weighted by molar-refractivity contribution is -0.139. The van der Waals surface area contributed by atoms with Crippen LogP contribution in [0.1, 0.15) is 50.6 Å². The van der Waals surface area contributed by atoms with Crippen LogP contribution in [0.3, 0.4) is 0 Å². The highest BCUT2D eigenvalue weighted by molar-refractivity contribution is 7.15. The molecular weight excluding hydrogens is 360 g/mol. The number of amides is 2. The van der Waals surface area contributed by atoms with E-state index in [4.69, 9.17) is 0 Å². The molecule has 0 radical (unpaired) electrons. The van der Waals surface area contributed by atoms with Crippen LogP contribution >= 0.6 is 11.3 Å². The van der Waals surface area contributed by atoms with E-state index in [-0.39, 0.29) is 11.8 Å². The number of nitrogens with zero attached hydrogens (tertiary/aromatic N) is 4. The molecule has 3 heterocycles. The maximum Gasteiger partial charge on any atom is 0.228 e. The smallest absolute Gasteiger partial charge is 0.228 e. The number of imidazole rings is 1. The topological polar surface area (TPSA) is 57.9 Å². The van der Waals surface area contributed by atoms with Gasteiger partial charge in [-0.3, -0.25) is 14.0 Å². The molecule has 0 bridgehead atoms. The first-order valence-electron chi connectivity index (χ1n) is 10.2. The van der Waals surface area contributed by atoms with E-state index in [9.17, 15) is 9.59 Å². The zero-order valence-corrected chi connectivity index (χ0v) is 16.6. The Balaban J connectivity index is 1.21. The van der Waals surface area contributed by atoms with Gasteiger partial charge in [0, 0.05) is 50.4 Å². The first-order valence-corrected chi connectivity index (χ1v) is 11.0. The Hall–Kier alpha value is -1.89. The molecule has 0 unspecified atom stereocenters. The predicted octanol–water partition coefficient (Wildman–Crippen LogP) is 2.97. The molecule has 1 saturated heterocycles. The van der Waals surface area contributed by atoms with E-state index in [1.165, 1.54) is 32.1 Å². The third-order valence-electron chi connectivity index (χ3n) is 5.95. The molecule has 2 aromatic heterocycles. The highest BCUT2D eigenvalue weighted by atomic mass is 32.1. The van der Waals surface area contributed by atoms with E-state index in [0.717, 1.165) is 23.0 Å². The van der Waals surface area contributed by atoms with Crippen molar-refractivity contribution in [2.45, 2.75) is 51.4 Å². The zero-order chi connectivity index (χ0) is 18.6. The highest BCUT2D eigenvalue weighted by Gasteiger charge is 2.25. The van der Waals surface area contributed by atoms with Crippen LogP contribution in [-0.4, -0.2) is 57.2 Å². The van der Waals surface area contributed by atoms with Gasteiger partial charge in [-0.2, -0.15) is 0 Å². The number of carbonyl (C=O) groups excluding carboxylic acids is 2. The van der Waals surface area contributed by atoms with Crippen LogP contribution in [0.2, 0.25) is 0 Å². The lowest BCUT2D eigenvalue weighted by Gasteiger charge is -2.35. The molecule has 6 nitrogen and oxygen atoms in total. The van der Waals surface area contributed by atoms with E-state index in [2.05, 4.69) is 4.98 Å². The van der Waals surface area contributed by atoms with Crippen molar-refractivity contribution in [3.8, 4) is 0 Å². The first-order chi connectivity index (χ1) is 13.2. The van der Waals surface area contributed by atoms with E-state index in [1.54, 1.807) is 11.3 Å². The quantitative estimate of drug-likeness (QED) is 0.791. The minimum absolute atomic E-state index is 0.107. The maximum absolute atomic E-state index is 12.6. The monoisotopic (exact) mass is 388 g/mol. The summed E-state index contributed by atoms with van der Waals surface area (Å²) in [6.07, 6.45) is 12.5. The summed E-state index contributed by atoms with van der Waals surface area (Å²) in [4.78, 5) is 34.3. The molecule has 2 amide bonds. The molecule has 2 aromatic rings. The third kappa shape index (κ3) is 4.51. The van der Waals surface area contributed by atoms with E-state index in [1.807, 2.05) is 32.0 Å². The van der Waals surface area contributed by atoms with Crippen molar-refractivity contribution in [1.82, 2.24) is 19.2 Å². The Morgan fingerprint density at radius 2 is 1.74 bits per heavy atom. The van der Waals surface area contributed by atoms with E-state index >= 15 is 0 Å². The zero-order valence-electron chi connectivity index (χ0n) is 15.8. The summed E-state index contributed by atoms with van der Waals surface area (Å²) in [7, 11) is 0. The van der Waals surface area contributed by atoms with Crippen LogP contribution in [0, 0.1) is 5.92 Å². The molecule has 0 atom stereocenters. The van der Waals surface area contributed by atoms with Gasteiger partial charge < -0.3 is 9.80 Å². The van der Waals surface area contributed by atoms with Gasteiger partial charge in [0.05, 0.1) is 12.1 Å². The van der Waals surface area contributed by atoms with Gasteiger partial charge >= 0.3 is 0 Å². The third-order valence-corrected chi connectivity index (χ3v) is 6.72. The van der Waals surface area contributed by atoms with Crippen molar-refractivity contribution in [1.29, 1.82) is 0 Å². The standard InChI is InChI=1S/C20H28N4O2S/c25-18(7-6-16-4-2-1-3-5-16)22-8-10-23(11-9-22)19(26)14-17-15-24-12-13-27-20(24)21-17/h12-13,15-16H,1-11,14H2. The van der Waals surface area contributed by atoms with Gasteiger partial charge in [-0.05, 0) is 12.3 Å². The summed E-state index contributed by atoms with van der Waals surface area (Å²) in [6, 6.07) is 0. The average Bonchev–Trinajstić information content (AvgIpc) is 3.28. The van der Waals surface area contributed by atoms with Gasteiger partial charge in [0.2, 0.25) is 11.8 Å². The van der Waals surface area contributed by atoms with Crippen LogP contribution in [0.4, 0.5) is 0 Å². The van der Waals surface area contributed by atoms with E-state index < -0.39 is 0 Å². The largest absolute Gasteiger partial charge is 0.339 e. The minimum Gasteiger partial charge on any atom is -0.339 e. The molecule has 0 aromatic carbocycles. The van der Waals surface area contributed by atoms with Crippen LogP contribution in [0.15, 0.2) is 17.8 Å². The summed E-state index contributed by atoms with van der Waals surface area (Å²) in [6.45, 7) is 2.59. The number of aromatic nitrogens is 2. The second kappa shape index (κ2) is 8.42. The Bertz CT molecular complexity index is 756. The van der Waals surface area contributed by atoms with Gasteiger partial charge in [0.15, 0.2) is 4.96 Å². The van der Waals surface area contributed by atoms with Crippen LogP contribution in [0.25, 0.3) is 4.96 Å². The number of hydrogen-bond donors (Lipinski definition) is 0. The average molecular weight is 389 g/mol. The molecule has 1 aliphatic carbocycles. The summed E-state index contributed by atoms with van der Waals surface area (Å²) in [5.74, 6) is 1.12. The maximum atomic E-state index is 12.6. The summed E-state index contributed by atoms with van der Waals surface area (Å²) < 4.78 is 1.95. The lowest BCUT2D eigenvalue weighted by atomic mass is 9.86. The number of fused-ring (bicyclic) bond motifs is 1. The SMILES string of the molecule is O=C(CCC1CCCCC1)N1CCN(C(=O)Cc2cn3ccsc3n2)CC1. The fraction of sp³-hybridized carbons (Fsp3) is 0.650. The molecule has 0 N–H and O–H groups in total. The highest BCUT2D eigenvalue weighted by Crippen LogP contribution is 2.27. The molecule has 4 rings (SSSR count). The lowest BCUT2D eigenvalue weighted by Crippen LogP contribution is -2.51. The predicted molar refractivity (Wildman–Crippen MR) is 106 cm³/mol. The molecule has 146 valence electrons. The van der Waals surface area contributed by atoms with E-state index in [0.29, 0.717) is 39.0 Å². The summed E-state index contributed by atoms with van der Waals surface area (Å²) in [5.41, 5.74) is 0.817. The van der Waals surface area contributed by atoms with Crippen molar-refractivity contribution >= 4 is 28.1 Å².